The Morgan fingerprint density at radius 3 is 2.76 bits per heavy atom. The predicted octanol–water partition coefficient (Wildman–Crippen LogP) is 4.81. The van der Waals surface area contributed by atoms with Crippen LogP contribution in [0.3, 0.4) is 0 Å². The molecule has 0 bridgehead atoms. The van der Waals surface area contributed by atoms with Crippen molar-refractivity contribution in [2.75, 3.05) is 0 Å². The van der Waals surface area contributed by atoms with Crippen molar-refractivity contribution in [1.29, 1.82) is 0 Å². The van der Waals surface area contributed by atoms with Gasteiger partial charge < -0.3 is 9.52 Å². The molecule has 1 atom stereocenters. The van der Waals surface area contributed by atoms with E-state index >= 15 is 0 Å². The molecule has 0 saturated carbocycles. The summed E-state index contributed by atoms with van der Waals surface area (Å²) in [6.07, 6.45) is 0.0940. The second-order valence-electron chi connectivity index (χ2n) is 3.75. The fourth-order valence-electron chi connectivity index (χ4n) is 1.54. The van der Waals surface area contributed by atoms with Crippen molar-refractivity contribution in [1.82, 2.24) is 0 Å². The molecule has 2 rings (SSSR count). The van der Waals surface area contributed by atoms with E-state index in [9.17, 15) is 5.11 Å². The van der Waals surface area contributed by atoms with Crippen LogP contribution < -0.4 is 0 Å². The Hall–Kier alpha value is -0.770. The highest BCUT2D eigenvalue weighted by molar-refractivity contribution is 9.10. The number of halogens is 2. The molecule has 0 amide bonds. The highest BCUT2D eigenvalue weighted by atomic mass is 79.9. The molecule has 0 fully saturated rings. The third-order valence-corrected chi connectivity index (χ3v) is 3.76. The maximum absolute atomic E-state index is 9.66. The smallest absolute Gasteiger partial charge is 0.134 e. The Morgan fingerprint density at radius 1 is 1.35 bits per heavy atom. The number of hydrogen-bond donors (Lipinski definition) is 1. The number of aliphatic hydroxyl groups is 1. The minimum Gasteiger partial charge on any atom is -0.458 e. The SMILES string of the molecule is CCC(O)c1ccc(-c2ccc(Cl)c(Br)c2)o1. The van der Waals surface area contributed by atoms with Crippen molar-refractivity contribution in [2.24, 2.45) is 0 Å². The summed E-state index contributed by atoms with van der Waals surface area (Å²) in [5, 5.41) is 10.3. The number of benzene rings is 1. The first kappa shape index (κ1) is 12.7. The summed E-state index contributed by atoms with van der Waals surface area (Å²) in [6, 6.07) is 9.23. The fourth-order valence-corrected chi connectivity index (χ4v) is 2.03. The van der Waals surface area contributed by atoms with Gasteiger partial charge in [-0.3, -0.25) is 0 Å². The lowest BCUT2D eigenvalue weighted by atomic mass is 10.2. The van der Waals surface area contributed by atoms with Gasteiger partial charge in [0.2, 0.25) is 0 Å². The van der Waals surface area contributed by atoms with Crippen LogP contribution >= 0.6 is 27.5 Å². The van der Waals surface area contributed by atoms with E-state index < -0.39 is 6.10 Å². The van der Waals surface area contributed by atoms with E-state index in [0.717, 1.165) is 15.8 Å². The first-order valence-corrected chi connectivity index (χ1v) is 6.52. The van der Waals surface area contributed by atoms with Crippen LogP contribution in [0.15, 0.2) is 39.2 Å². The van der Waals surface area contributed by atoms with Crippen molar-refractivity contribution in [3.8, 4) is 11.3 Å². The van der Waals surface area contributed by atoms with Crippen LogP contribution in [0.1, 0.15) is 25.2 Å². The second kappa shape index (κ2) is 5.25. The van der Waals surface area contributed by atoms with Gasteiger partial charge in [0.15, 0.2) is 0 Å². The van der Waals surface area contributed by atoms with Gasteiger partial charge in [0.25, 0.3) is 0 Å². The molecule has 0 aliphatic carbocycles. The molecule has 1 N–H and O–H groups in total. The summed E-state index contributed by atoms with van der Waals surface area (Å²) in [5.41, 5.74) is 0.927. The molecule has 4 heteroatoms. The summed E-state index contributed by atoms with van der Waals surface area (Å²) < 4.78 is 6.43. The monoisotopic (exact) mass is 314 g/mol. The van der Waals surface area contributed by atoms with Crippen LogP contribution in [0.25, 0.3) is 11.3 Å². The van der Waals surface area contributed by atoms with E-state index in [1.165, 1.54) is 0 Å². The Balaban J connectivity index is 2.33. The van der Waals surface area contributed by atoms with Crippen LogP contribution in [0.2, 0.25) is 5.02 Å². The Kier molecular flexibility index (Phi) is 3.92. The van der Waals surface area contributed by atoms with Gasteiger partial charge in [-0.1, -0.05) is 18.5 Å². The summed E-state index contributed by atoms with van der Waals surface area (Å²) in [4.78, 5) is 0. The molecule has 1 aromatic heterocycles. The molecular formula is C13H12BrClO2. The maximum Gasteiger partial charge on any atom is 0.134 e. The van der Waals surface area contributed by atoms with Gasteiger partial charge in [-0.25, -0.2) is 0 Å². The zero-order valence-electron chi connectivity index (χ0n) is 9.28. The molecule has 0 aliphatic rings. The van der Waals surface area contributed by atoms with E-state index in [1.807, 2.05) is 25.1 Å². The van der Waals surface area contributed by atoms with Crippen LogP contribution in [-0.4, -0.2) is 5.11 Å². The highest BCUT2D eigenvalue weighted by Crippen LogP contribution is 2.31. The number of furan rings is 1. The molecule has 2 aromatic rings. The van der Waals surface area contributed by atoms with E-state index in [0.29, 0.717) is 17.2 Å². The number of aliphatic hydroxyl groups excluding tert-OH is 1. The minimum atomic E-state index is -0.542. The van der Waals surface area contributed by atoms with Gasteiger partial charge in [0.1, 0.15) is 17.6 Å². The lowest BCUT2D eigenvalue weighted by Gasteiger charge is -2.03. The number of hydrogen-bond acceptors (Lipinski definition) is 2. The van der Waals surface area contributed by atoms with Crippen LogP contribution in [0, 0.1) is 0 Å². The van der Waals surface area contributed by atoms with E-state index in [4.69, 9.17) is 16.0 Å². The lowest BCUT2D eigenvalue weighted by molar-refractivity contribution is 0.147. The maximum atomic E-state index is 9.66. The Labute approximate surface area is 113 Å². The van der Waals surface area contributed by atoms with Gasteiger partial charge in [-0.05, 0) is 52.7 Å². The zero-order valence-corrected chi connectivity index (χ0v) is 11.6. The van der Waals surface area contributed by atoms with Crippen molar-refractivity contribution in [2.45, 2.75) is 19.4 Å². The highest BCUT2D eigenvalue weighted by Gasteiger charge is 2.11. The van der Waals surface area contributed by atoms with Gasteiger partial charge in [-0.15, -0.1) is 0 Å². The molecule has 0 saturated heterocycles. The summed E-state index contributed by atoms with van der Waals surface area (Å²) in [6.45, 7) is 1.91. The molecule has 0 radical (unpaired) electrons. The van der Waals surface area contributed by atoms with Crippen molar-refractivity contribution < 1.29 is 9.52 Å². The fraction of sp³-hybridized carbons (Fsp3) is 0.231. The van der Waals surface area contributed by atoms with Gasteiger partial charge in [-0.2, -0.15) is 0 Å². The summed E-state index contributed by atoms with van der Waals surface area (Å²) in [5.74, 6) is 1.32. The Morgan fingerprint density at radius 2 is 2.12 bits per heavy atom. The first-order chi connectivity index (χ1) is 8.11. The summed E-state index contributed by atoms with van der Waals surface area (Å²) >= 11 is 9.30. The molecule has 1 aromatic carbocycles. The second-order valence-corrected chi connectivity index (χ2v) is 5.02. The molecule has 1 unspecified atom stereocenters. The predicted molar refractivity (Wildman–Crippen MR) is 72.1 cm³/mol. The molecule has 0 spiro atoms. The molecule has 2 nitrogen and oxygen atoms in total. The van der Waals surface area contributed by atoms with Crippen LogP contribution in [-0.2, 0) is 0 Å². The molecule has 1 heterocycles. The van der Waals surface area contributed by atoms with E-state index in [2.05, 4.69) is 15.9 Å². The first-order valence-electron chi connectivity index (χ1n) is 5.35. The Bertz CT molecular complexity index is 522. The lowest BCUT2D eigenvalue weighted by Crippen LogP contribution is -1.91. The standard InChI is InChI=1S/C13H12BrClO2/c1-2-11(16)13-6-5-12(17-13)8-3-4-10(15)9(14)7-8/h3-7,11,16H,2H2,1H3. The minimum absolute atomic E-state index is 0.542. The summed E-state index contributed by atoms with van der Waals surface area (Å²) in [7, 11) is 0. The van der Waals surface area contributed by atoms with Crippen molar-refractivity contribution >= 4 is 27.5 Å². The molecular weight excluding hydrogens is 303 g/mol. The number of rotatable bonds is 3. The van der Waals surface area contributed by atoms with Gasteiger partial charge >= 0.3 is 0 Å². The van der Waals surface area contributed by atoms with Gasteiger partial charge in [0.05, 0.1) is 5.02 Å². The largest absolute Gasteiger partial charge is 0.458 e. The van der Waals surface area contributed by atoms with Crippen LogP contribution in [0.4, 0.5) is 0 Å². The molecule has 90 valence electrons. The normalized spacial score (nSPS) is 12.7. The van der Waals surface area contributed by atoms with E-state index in [1.54, 1.807) is 12.1 Å². The quantitative estimate of drug-likeness (QED) is 0.882. The molecule has 0 aliphatic heterocycles. The average molecular weight is 316 g/mol. The topological polar surface area (TPSA) is 33.4 Å². The van der Waals surface area contributed by atoms with E-state index in [-0.39, 0.29) is 0 Å². The average Bonchev–Trinajstić information content (AvgIpc) is 2.81. The zero-order chi connectivity index (χ0) is 12.4. The third-order valence-electron chi connectivity index (χ3n) is 2.55. The molecule has 17 heavy (non-hydrogen) atoms. The third kappa shape index (κ3) is 2.73. The van der Waals surface area contributed by atoms with Crippen molar-refractivity contribution in [3.05, 3.63) is 45.6 Å². The van der Waals surface area contributed by atoms with Crippen molar-refractivity contribution in [3.63, 3.8) is 0 Å². The van der Waals surface area contributed by atoms with Crippen LogP contribution in [0.5, 0.6) is 0 Å². The van der Waals surface area contributed by atoms with Gasteiger partial charge in [0, 0.05) is 10.0 Å².